The SMILES string of the molecule is CC1CCN(C(=O)CC2CCCNC2)C2CCCCC12. The van der Waals surface area contributed by atoms with Gasteiger partial charge in [-0.15, -0.1) is 0 Å². The van der Waals surface area contributed by atoms with Gasteiger partial charge in [0.2, 0.25) is 5.91 Å². The van der Waals surface area contributed by atoms with Gasteiger partial charge in [-0.05, 0) is 62.9 Å². The first-order valence-corrected chi connectivity index (χ1v) is 8.76. The predicted octanol–water partition coefficient (Wildman–Crippen LogP) is 2.80. The van der Waals surface area contributed by atoms with Crippen molar-refractivity contribution in [3.63, 3.8) is 0 Å². The summed E-state index contributed by atoms with van der Waals surface area (Å²) >= 11 is 0. The number of carbonyl (C=O) groups excluding carboxylic acids is 1. The second kappa shape index (κ2) is 6.46. The van der Waals surface area contributed by atoms with E-state index in [0.29, 0.717) is 17.9 Å². The molecule has 3 fully saturated rings. The Morgan fingerprint density at radius 3 is 2.80 bits per heavy atom. The van der Waals surface area contributed by atoms with Gasteiger partial charge in [-0.2, -0.15) is 0 Å². The summed E-state index contributed by atoms with van der Waals surface area (Å²) in [5, 5.41) is 3.44. The maximum absolute atomic E-state index is 12.7. The van der Waals surface area contributed by atoms with E-state index in [1.165, 1.54) is 44.9 Å². The maximum atomic E-state index is 12.7. The standard InChI is InChI=1S/C17H30N2O/c1-13-8-10-19(16-7-3-2-6-15(13)16)17(20)11-14-5-4-9-18-12-14/h13-16,18H,2-12H2,1H3. The second-order valence-electron chi connectivity index (χ2n) is 7.29. The van der Waals surface area contributed by atoms with E-state index < -0.39 is 0 Å². The third-order valence-corrected chi connectivity index (χ3v) is 5.92. The molecule has 2 aliphatic heterocycles. The fraction of sp³-hybridized carbons (Fsp3) is 0.941. The highest BCUT2D eigenvalue weighted by Gasteiger charge is 2.39. The Balaban J connectivity index is 1.61. The topological polar surface area (TPSA) is 32.3 Å². The number of piperidine rings is 2. The third kappa shape index (κ3) is 3.03. The van der Waals surface area contributed by atoms with Crippen LogP contribution in [0, 0.1) is 17.8 Å². The number of carbonyl (C=O) groups is 1. The number of nitrogens with zero attached hydrogens (tertiary/aromatic N) is 1. The van der Waals surface area contributed by atoms with Gasteiger partial charge < -0.3 is 10.2 Å². The van der Waals surface area contributed by atoms with E-state index >= 15 is 0 Å². The normalized spacial score (nSPS) is 38.4. The van der Waals surface area contributed by atoms with Gasteiger partial charge in [-0.3, -0.25) is 4.79 Å². The molecule has 0 bridgehead atoms. The van der Waals surface area contributed by atoms with Crippen LogP contribution in [-0.2, 0) is 4.79 Å². The highest BCUT2D eigenvalue weighted by molar-refractivity contribution is 5.77. The first-order valence-electron chi connectivity index (χ1n) is 8.76. The summed E-state index contributed by atoms with van der Waals surface area (Å²) < 4.78 is 0. The number of fused-ring (bicyclic) bond motifs is 1. The number of likely N-dealkylation sites (tertiary alicyclic amines) is 1. The van der Waals surface area contributed by atoms with Crippen molar-refractivity contribution in [3.8, 4) is 0 Å². The van der Waals surface area contributed by atoms with Crippen molar-refractivity contribution in [2.45, 2.75) is 64.3 Å². The second-order valence-corrected chi connectivity index (χ2v) is 7.29. The molecule has 0 aromatic heterocycles. The number of hydrogen-bond acceptors (Lipinski definition) is 2. The van der Waals surface area contributed by atoms with Crippen LogP contribution in [0.3, 0.4) is 0 Å². The van der Waals surface area contributed by atoms with E-state index in [2.05, 4.69) is 17.1 Å². The summed E-state index contributed by atoms with van der Waals surface area (Å²) in [6, 6.07) is 0.566. The number of hydrogen-bond donors (Lipinski definition) is 1. The minimum absolute atomic E-state index is 0.447. The van der Waals surface area contributed by atoms with E-state index in [9.17, 15) is 4.79 Å². The van der Waals surface area contributed by atoms with Gasteiger partial charge in [0.05, 0.1) is 0 Å². The van der Waals surface area contributed by atoms with Crippen LogP contribution in [0.2, 0.25) is 0 Å². The summed E-state index contributed by atoms with van der Waals surface area (Å²) in [5.74, 6) is 2.63. The molecule has 20 heavy (non-hydrogen) atoms. The zero-order valence-corrected chi connectivity index (χ0v) is 12.9. The van der Waals surface area contributed by atoms with Crippen molar-refractivity contribution in [2.75, 3.05) is 19.6 Å². The van der Waals surface area contributed by atoms with Gasteiger partial charge in [0.25, 0.3) is 0 Å². The lowest BCUT2D eigenvalue weighted by atomic mass is 9.72. The van der Waals surface area contributed by atoms with Crippen LogP contribution in [-0.4, -0.2) is 36.5 Å². The minimum Gasteiger partial charge on any atom is -0.339 e. The monoisotopic (exact) mass is 278 g/mol. The third-order valence-electron chi connectivity index (χ3n) is 5.92. The van der Waals surface area contributed by atoms with Crippen molar-refractivity contribution in [1.82, 2.24) is 10.2 Å². The number of rotatable bonds is 2. The average molecular weight is 278 g/mol. The molecular formula is C17H30N2O. The molecule has 1 saturated carbocycles. The minimum atomic E-state index is 0.447. The molecule has 114 valence electrons. The molecule has 0 aromatic rings. The van der Waals surface area contributed by atoms with Gasteiger partial charge in [0.1, 0.15) is 0 Å². The Labute approximate surface area is 123 Å². The Kier molecular flexibility index (Phi) is 4.65. The summed E-state index contributed by atoms with van der Waals surface area (Å²) in [4.78, 5) is 15.0. The van der Waals surface area contributed by atoms with Crippen molar-refractivity contribution >= 4 is 5.91 Å². The molecule has 0 spiro atoms. The van der Waals surface area contributed by atoms with Crippen molar-refractivity contribution in [1.29, 1.82) is 0 Å². The predicted molar refractivity (Wildman–Crippen MR) is 81.5 cm³/mol. The lowest BCUT2D eigenvalue weighted by Crippen LogP contribution is -2.53. The smallest absolute Gasteiger partial charge is 0.223 e. The summed E-state index contributed by atoms with van der Waals surface area (Å²) in [7, 11) is 0. The van der Waals surface area contributed by atoms with Crippen molar-refractivity contribution < 1.29 is 4.79 Å². The van der Waals surface area contributed by atoms with Crippen LogP contribution in [0.1, 0.15) is 58.3 Å². The molecule has 4 atom stereocenters. The zero-order chi connectivity index (χ0) is 13.9. The van der Waals surface area contributed by atoms with Crippen molar-refractivity contribution in [3.05, 3.63) is 0 Å². The molecule has 0 aromatic carbocycles. The molecule has 3 nitrogen and oxygen atoms in total. The molecule has 3 aliphatic rings. The summed E-state index contributed by atoms with van der Waals surface area (Å²) in [5.41, 5.74) is 0. The highest BCUT2D eigenvalue weighted by atomic mass is 16.2. The Morgan fingerprint density at radius 2 is 2.00 bits per heavy atom. The van der Waals surface area contributed by atoms with Crippen LogP contribution in [0.15, 0.2) is 0 Å². The van der Waals surface area contributed by atoms with Gasteiger partial charge in [-0.1, -0.05) is 19.8 Å². The van der Waals surface area contributed by atoms with Crippen LogP contribution in [0.4, 0.5) is 0 Å². The quantitative estimate of drug-likeness (QED) is 0.842. The zero-order valence-electron chi connectivity index (χ0n) is 12.9. The molecule has 1 amide bonds. The van der Waals surface area contributed by atoms with Gasteiger partial charge >= 0.3 is 0 Å². The van der Waals surface area contributed by atoms with Gasteiger partial charge in [0, 0.05) is 19.0 Å². The lowest BCUT2D eigenvalue weighted by Gasteiger charge is -2.47. The Hall–Kier alpha value is -0.570. The first-order chi connectivity index (χ1) is 9.75. The highest BCUT2D eigenvalue weighted by Crippen LogP contribution is 2.39. The summed E-state index contributed by atoms with van der Waals surface area (Å²) in [6.45, 7) is 5.60. The molecule has 3 rings (SSSR count). The number of nitrogens with one attached hydrogen (secondary N) is 1. The molecule has 2 heterocycles. The van der Waals surface area contributed by atoms with Crippen LogP contribution >= 0.6 is 0 Å². The van der Waals surface area contributed by atoms with E-state index in [4.69, 9.17) is 0 Å². The fourth-order valence-corrected chi connectivity index (χ4v) is 4.69. The largest absolute Gasteiger partial charge is 0.339 e. The molecule has 1 N–H and O–H groups in total. The Morgan fingerprint density at radius 1 is 1.15 bits per heavy atom. The van der Waals surface area contributed by atoms with Gasteiger partial charge in [-0.25, -0.2) is 0 Å². The van der Waals surface area contributed by atoms with Crippen LogP contribution < -0.4 is 5.32 Å². The van der Waals surface area contributed by atoms with Gasteiger partial charge in [0.15, 0.2) is 0 Å². The van der Waals surface area contributed by atoms with E-state index in [0.717, 1.165) is 37.9 Å². The fourth-order valence-electron chi connectivity index (χ4n) is 4.69. The van der Waals surface area contributed by atoms with E-state index in [1.807, 2.05) is 0 Å². The first kappa shape index (κ1) is 14.4. The molecular weight excluding hydrogens is 248 g/mol. The maximum Gasteiger partial charge on any atom is 0.223 e. The molecule has 1 aliphatic carbocycles. The van der Waals surface area contributed by atoms with Crippen LogP contribution in [0.5, 0.6) is 0 Å². The average Bonchev–Trinajstić information content (AvgIpc) is 2.49. The van der Waals surface area contributed by atoms with Crippen molar-refractivity contribution in [2.24, 2.45) is 17.8 Å². The Bertz CT molecular complexity index is 338. The number of amides is 1. The van der Waals surface area contributed by atoms with E-state index in [-0.39, 0.29) is 0 Å². The molecule has 0 radical (unpaired) electrons. The summed E-state index contributed by atoms with van der Waals surface area (Å²) in [6.07, 6.45) is 9.77. The van der Waals surface area contributed by atoms with E-state index in [1.54, 1.807) is 0 Å². The van der Waals surface area contributed by atoms with Crippen LogP contribution in [0.25, 0.3) is 0 Å². The molecule has 4 unspecified atom stereocenters. The molecule has 3 heteroatoms. The lowest BCUT2D eigenvalue weighted by molar-refractivity contribution is -0.140. The molecule has 2 saturated heterocycles.